The molecule has 0 saturated carbocycles. The maximum absolute atomic E-state index is 13.7. The van der Waals surface area contributed by atoms with Crippen LogP contribution in [0.5, 0.6) is 17.2 Å². The van der Waals surface area contributed by atoms with Crippen LogP contribution >= 0.6 is 11.8 Å². The number of esters is 1. The third-order valence-electron chi connectivity index (χ3n) is 10.4. The number of carbonyl (C=O) groups excluding carboxylic acids is 5. The highest BCUT2D eigenvalue weighted by Gasteiger charge is 2.61. The zero-order valence-corrected chi connectivity index (χ0v) is 34.1. The first-order valence-corrected chi connectivity index (χ1v) is 19.8. The van der Waals surface area contributed by atoms with Gasteiger partial charge in [0.1, 0.15) is 42.8 Å². The van der Waals surface area contributed by atoms with Crippen LogP contribution in [0, 0.1) is 11.8 Å². The van der Waals surface area contributed by atoms with Crippen molar-refractivity contribution in [1.82, 2.24) is 15.1 Å². The van der Waals surface area contributed by atoms with Crippen molar-refractivity contribution >= 4 is 42.0 Å². The average molecular weight is 834 g/mol. The Morgan fingerprint density at radius 1 is 0.797 bits per heavy atom. The average Bonchev–Trinajstić information content (AvgIpc) is 3.76. The Kier molecular flexibility index (Phi) is 13.9. The molecule has 0 aromatic heterocycles. The van der Waals surface area contributed by atoms with Crippen LogP contribution in [0.15, 0.2) is 83.4 Å². The number of nitrogens with zero attached hydrogens (tertiary/aromatic N) is 2. The number of methoxy groups -OCH3 is 3. The van der Waals surface area contributed by atoms with Crippen LogP contribution in [0.4, 0.5) is 14.4 Å². The Labute approximate surface area is 345 Å². The Balaban J connectivity index is 1.16. The van der Waals surface area contributed by atoms with E-state index in [9.17, 15) is 29.1 Å². The third-order valence-corrected chi connectivity index (χ3v) is 11.9. The zero-order chi connectivity index (χ0) is 42.2. The molecule has 59 heavy (non-hydrogen) atoms. The fourth-order valence-corrected chi connectivity index (χ4v) is 8.88. The van der Waals surface area contributed by atoms with Gasteiger partial charge in [0.25, 0.3) is 0 Å². The number of benzene rings is 3. The summed E-state index contributed by atoms with van der Waals surface area (Å²) in [7, 11) is 4.64. The van der Waals surface area contributed by atoms with Crippen LogP contribution in [-0.4, -0.2) is 103 Å². The van der Waals surface area contributed by atoms with Gasteiger partial charge >= 0.3 is 24.3 Å². The standard InChI is InChI=1S/C42H47N3O13S/c1-24-35-34(25(2)46)38(47)45(35)36(39(48)58-42(51)57-23-28-10-16-32(54-5)17-11-28)37(24)59-33-18-29(19-43-40(49)55-21-26-6-12-30(52-3)13-7-26)44(20-33)41(50)56-22-27-8-14-31(53-4)15-9-27/h6-17,24-25,29,33-35,46H,18-23H2,1-5H3,(H,43,49)/t24-,25-,29+,33+,34-,35-/m1/s1. The highest BCUT2D eigenvalue weighted by atomic mass is 32.2. The Hall–Kier alpha value is -5.94. The van der Waals surface area contributed by atoms with Crippen LogP contribution < -0.4 is 19.5 Å². The maximum Gasteiger partial charge on any atom is 0.516 e. The normalized spacial score (nSPS) is 21.2. The van der Waals surface area contributed by atoms with E-state index in [-0.39, 0.29) is 43.9 Å². The van der Waals surface area contributed by atoms with Gasteiger partial charge in [-0.05, 0) is 66.4 Å². The smallest absolute Gasteiger partial charge is 0.497 e. The molecule has 3 aliphatic rings. The highest BCUT2D eigenvalue weighted by Crippen LogP contribution is 2.52. The van der Waals surface area contributed by atoms with Gasteiger partial charge in [-0.15, -0.1) is 11.8 Å². The zero-order valence-electron chi connectivity index (χ0n) is 33.3. The summed E-state index contributed by atoms with van der Waals surface area (Å²) in [5, 5.41) is 12.9. The van der Waals surface area contributed by atoms with E-state index in [2.05, 4.69) is 5.32 Å². The highest BCUT2D eigenvalue weighted by molar-refractivity contribution is 8.03. The summed E-state index contributed by atoms with van der Waals surface area (Å²) < 4.78 is 37.0. The fourth-order valence-electron chi connectivity index (χ4n) is 7.32. The molecule has 17 heteroatoms. The molecule has 2 N–H and O–H groups in total. The van der Waals surface area contributed by atoms with Crippen molar-refractivity contribution in [2.75, 3.05) is 34.4 Å². The molecule has 0 radical (unpaired) electrons. The second-order valence-electron chi connectivity index (χ2n) is 14.2. The number of β-lactam (4-membered cyclic amide) rings is 1. The number of alkyl carbamates (subject to hydrolysis) is 1. The quantitative estimate of drug-likeness (QED) is 0.0857. The number of hydrogen-bond donors (Lipinski definition) is 2. The van der Waals surface area contributed by atoms with E-state index in [1.165, 1.54) is 35.6 Å². The monoisotopic (exact) mass is 833 g/mol. The number of likely N-dealkylation sites (tertiary alicyclic amines) is 1. The van der Waals surface area contributed by atoms with Crippen molar-refractivity contribution in [2.24, 2.45) is 11.8 Å². The van der Waals surface area contributed by atoms with Gasteiger partial charge in [-0.1, -0.05) is 43.3 Å². The number of nitrogens with one attached hydrogen (secondary N) is 1. The molecule has 314 valence electrons. The van der Waals surface area contributed by atoms with Crippen LogP contribution in [0.3, 0.4) is 0 Å². The molecule has 0 aliphatic carbocycles. The Morgan fingerprint density at radius 2 is 1.31 bits per heavy atom. The second kappa shape index (κ2) is 19.2. The molecule has 6 atom stereocenters. The number of carbonyl (C=O) groups is 5. The summed E-state index contributed by atoms with van der Waals surface area (Å²) in [5.41, 5.74) is 1.99. The summed E-state index contributed by atoms with van der Waals surface area (Å²) in [6, 6.07) is 19.8. The van der Waals surface area contributed by atoms with Crippen molar-refractivity contribution in [2.45, 2.75) is 63.5 Å². The molecule has 2 saturated heterocycles. The molecule has 3 heterocycles. The van der Waals surface area contributed by atoms with Gasteiger partial charge in [0.05, 0.1) is 45.4 Å². The number of ether oxygens (including phenoxy) is 7. The van der Waals surface area contributed by atoms with E-state index < -0.39 is 60.2 Å². The minimum atomic E-state index is -1.25. The summed E-state index contributed by atoms with van der Waals surface area (Å²) in [5.74, 6) is -0.829. The van der Waals surface area contributed by atoms with E-state index in [0.29, 0.717) is 34.1 Å². The van der Waals surface area contributed by atoms with Crippen LogP contribution in [0.1, 0.15) is 37.0 Å². The number of hydrogen-bond acceptors (Lipinski definition) is 14. The summed E-state index contributed by atoms with van der Waals surface area (Å²) >= 11 is 1.27. The van der Waals surface area contributed by atoms with Gasteiger partial charge in [-0.3, -0.25) is 4.79 Å². The number of fused-ring (bicyclic) bond motifs is 1. The lowest BCUT2D eigenvalue weighted by atomic mass is 9.79. The van der Waals surface area contributed by atoms with Gasteiger partial charge in [0.2, 0.25) is 5.91 Å². The maximum atomic E-state index is 13.7. The summed E-state index contributed by atoms with van der Waals surface area (Å²) in [6.45, 7) is 3.33. The van der Waals surface area contributed by atoms with E-state index in [4.69, 9.17) is 33.2 Å². The summed E-state index contributed by atoms with van der Waals surface area (Å²) in [6.07, 6.45) is -3.21. The van der Waals surface area contributed by atoms with Crippen molar-refractivity contribution in [3.05, 3.63) is 100 Å². The van der Waals surface area contributed by atoms with Crippen LogP contribution in [-0.2, 0) is 48.4 Å². The molecule has 3 aromatic carbocycles. The van der Waals surface area contributed by atoms with Crippen LogP contribution in [0.25, 0.3) is 0 Å². The fraction of sp³-hybridized carbons (Fsp3) is 0.405. The lowest BCUT2D eigenvalue weighted by molar-refractivity contribution is -0.163. The number of aliphatic hydroxyl groups excluding tert-OH is 1. The van der Waals surface area contributed by atoms with E-state index in [1.54, 1.807) is 87.0 Å². The van der Waals surface area contributed by atoms with Crippen molar-refractivity contribution in [1.29, 1.82) is 0 Å². The van der Waals surface area contributed by atoms with E-state index in [1.807, 2.05) is 6.92 Å². The first-order valence-electron chi connectivity index (χ1n) is 18.9. The first kappa shape index (κ1) is 42.7. The lowest BCUT2D eigenvalue weighted by Crippen LogP contribution is -2.63. The predicted molar refractivity (Wildman–Crippen MR) is 212 cm³/mol. The molecule has 16 nitrogen and oxygen atoms in total. The topological polar surface area (TPSA) is 189 Å². The van der Waals surface area contributed by atoms with E-state index >= 15 is 0 Å². The van der Waals surface area contributed by atoms with Gasteiger partial charge in [-0.25, -0.2) is 19.2 Å². The molecule has 3 amide bonds. The van der Waals surface area contributed by atoms with E-state index in [0.717, 1.165) is 11.1 Å². The van der Waals surface area contributed by atoms with Gasteiger partial charge in [0, 0.05) is 29.2 Å². The first-order chi connectivity index (χ1) is 28.4. The Bertz CT molecular complexity index is 2020. The van der Waals surface area contributed by atoms with Crippen LogP contribution in [0.2, 0.25) is 0 Å². The molecule has 3 aliphatic heterocycles. The lowest BCUT2D eigenvalue weighted by Gasteiger charge is -2.46. The van der Waals surface area contributed by atoms with Crippen molar-refractivity contribution < 1.29 is 62.2 Å². The largest absolute Gasteiger partial charge is 0.516 e. The number of aliphatic hydroxyl groups is 1. The molecule has 3 aromatic rings. The minimum absolute atomic E-state index is 0.0103. The summed E-state index contributed by atoms with van der Waals surface area (Å²) in [4.78, 5) is 69.6. The second-order valence-corrected chi connectivity index (χ2v) is 15.6. The van der Waals surface area contributed by atoms with Gasteiger partial charge in [0.15, 0.2) is 0 Å². The third kappa shape index (κ3) is 10.0. The molecular weight excluding hydrogens is 787 g/mol. The molecule has 0 unspecified atom stereocenters. The van der Waals surface area contributed by atoms with Gasteiger partial charge < -0.3 is 53.4 Å². The molecule has 2 fully saturated rings. The predicted octanol–water partition coefficient (Wildman–Crippen LogP) is 5.40. The van der Waals surface area contributed by atoms with Crippen molar-refractivity contribution in [3.63, 3.8) is 0 Å². The molecule has 6 rings (SSSR count). The Morgan fingerprint density at radius 3 is 1.81 bits per heavy atom. The van der Waals surface area contributed by atoms with Crippen molar-refractivity contribution in [3.8, 4) is 17.2 Å². The minimum Gasteiger partial charge on any atom is -0.497 e. The molecular formula is C42H47N3O13S. The SMILES string of the molecule is COc1ccc(COC(=O)NC[C@@H]2C[C@H](SC3=C(C(=O)OC(=O)OCc4ccc(OC)cc4)N4C(=O)[C@H]([C@@H](C)O)[C@H]4[C@H]3C)CN2C(=O)OCc2ccc(OC)cc2)cc1. The van der Waals surface area contributed by atoms with Gasteiger partial charge in [-0.2, -0.15) is 0 Å². The number of thioether (sulfide) groups is 1. The molecule has 0 bridgehead atoms. The number of amides is 3. The molecule has 0 spiro atoms. The number of rotatable bonds is 15.